The van der Waals surface area contributed by atoms with Crippen molar-refractivity contribution in [1.82, 2.24) is 20.9 Å². The molecule has 5 nitrogen and oxygen atoms in total. The molecule has 7 heteroatoms. The highest BCUT2D eigenvalue weighted by molar-refractivity contribution is 6.31. The van der Waals surface area contributed by atoms with Crippen LogP contribution in [0.25, 0.3) is 0 Å². The van der Waals surface area contributed by atoms with Gasteiger partial charge in [-0.1, -0.05) is 17.7 Å². The van der Waals surface area contributed by atoms with Crippen LogP contribution in [0.15, 0.2) is 42.7 Å². The molecule has 0 aliphatic carbocycles. The molecule has 1 aromatic heterocycles. The molecule has 1 atom stereocenters. The lowest BCUT2D eigenvalue weighted by Crippen LogP contribution is -2.40. The smallest absolute Gasteiger partial charge is 0.241 e. The summed E-state index contributed by atoms with van der Waals surface area (Å²) in [6.45, 7) is 3.16. The number of nitrogens with zero attached hydrogens (tertiary/aromatic N) is 1. The fraction of sp³-hybridized carbons (Fsp3) is 0.455. The van der Waals surface area contributed by atoms with E-state index >= 15 is 0 Å². The highest BCUT2D eigenvalue weighted by Gasteiger charge is 2.26. The molecule has 0 radical (unpaired) electrons. The van der Waals surface area contributed by atoms with Crippen molar-refractivity contribution in [2.75, 3.05) is 26.2 Å². The number of pyridine rings is 1. The molecule has 29 heavy (non-hydrogen) atoms. The first-order valence-electron chi connectivity index (χ1n) is 10.2. The number of aromatic nitrogens is 1. The second kappa shape index (κ2) is 11.2. The minimum Gasteiger partial charge on any atom is -0.354 e. The van der Waals surface area contributed by atoms with E-state index in [-0.39, 0.29) is 16.5 Å². The lowest BCUT2D eigenvalue weighted by Gasteiger charge is -2.25. The number of halogens is 2. The van der Waals surface area contributed by atoms with Crippen molar-refractivity contribution in [3.63, 3.8) is 0 Å². The summed E-state index contributed by atoms with van der Waals surface area (Å²) in [6.07, 6.45) is 7.34. The Bertz CT molecular complexity index is 763. The van der Waals surface area contributed by atoms with Crippen LogP contribution in [-0.4, -0.2) is 37.1 Å². The average Bonchev–Trinajstić information content (AvgIpc) is 2.74. The molecule has 0 bridgehead atoms. The number of hydrogen-bond donors (Lipinski definition) is 3. The van der Waals surface area contributed by atoms with Gasteiger partial charge in [-0.15, -0.1) is 0 Å². The average molecular weight is 419 g/mol. The zero-order valence-corrected chi connectivity index (χ0v) is 17.2. The molecule has 3 rings (SSSR count). The van der Waals surface area contributed by atoms with E-state index < -0.39 is 11.9 Å². The Morgan fingerprint density at radius 2 is 1.97 bits per heavy atom. The summed E-state index contributed by atoms with van der Waals surface area (Å²) < 4.78 is 14.5. The van der Waals surface area contributed by atoms with E-state index in [0.717, 1.165) is 37.9 Å². The summed E-state index contributed by atoms with van der Waals surface area (Å²) in [7, 11) is 0. The van der Waals surface area contributed by atoms with Crippen molar-refractivity contribution in [3.8, 4) is 0 Å². The van der Waals surface area contributed by atoms with E-state index in [1.165, 1.54) is 6.07 Å². The Hall–Kier alpha value is -2.02. The van der Waals surface area contributed by atoms with Gasteiger partial charge >= 0.3 is 0 Å². The summed E-state index contributed by atoms with van der Waals surface area (Å²) in [5.41, 5.74) is 1.29. The molecule has 1 fully saturated rings. The summed E-state index contributed by atoms with van der Waals surface area (Å²) in [4.78, 5) is 16.9. The van der Waals surface area contributed by atoms with Crippen molar-refractivity contribution >= 4 is 17.5 Å². The molecular formula is C22H28ClFN4O. The second-order valence-electron chi connectivity index (χ2n) is 7.40. The topological polar surface area (TPSA) is 66.0 Å². The summed E-state index contributed by atoms with van der Waals surface area (Å²) >= 11 is 6.25. The molecule has 0 saturated carbocycles. The SMILES string of the molecule is O=C(NCCc1ccncc1)C(NCCC1CCNCC1)c1c(F)cccc1Cl. The molecule has 1 aliphatic rings. The fourth-order valence-electron chi connectivity index (χ4n) is 3.70. The first-order valence-corrected chi connectivity index (χ1v) is 10.6. The van der Waals surface area contributed by atoms with Gasteiger partial charge in [-0.3, -0.25) is 9.78 Å². The van der Waals surface area contributed by atoms with Gasteiger partial charge in [0.2, 0.25) is 5.91 Å². The van der Waals surface area contributed by atoms with E-state index in [1.54, 1.807) is 24.5 Å². The van der Waals surface area contributed by atoms with Crippen molar-refractivity contribution < 1.29 is 9.18 Å². The molecule has 2 heterocycles. The van der Waals surface area contributed by atoms with Crippen LogP contribution in [-0.2, 0) is 11.2 Å². The lowest BCUT2D eigenvalue weighted by molar-refractivity contribution is -0.123. The highest BCUT2D eigenvalue weighted by Crippen LogP contribution is 2.26. The van der Waals surface area contributed by atoms with Gasteiger partial charge in [0.1, 0.15) is 11.9 Å². The van der Waals surface area contributed by atoms with Crippen LogP contribution >= 0.6 is 11.6 Å². The van der Waals surface area contributed by atoms with Crippen molar-refractivity contribution in [1.29, 1.82) is 0 Å². The Morgan fingerprint density at radius 3 is 2.69 bits per heavy atom. The van der Waals surface area contributed by atoms with Crippen LogP contribution < -0.4 is 16.0 Å². The maximum atomic E-state index is 14.5. The van der Waals surface area contributed by atoms with Gasteiger partial charge in [0.15, 0.2) is 0 Å². The van der Waals surface area contributed by atoms with E-state index in [2.05, 4.69) is 20.9 Å². The summed E-state index contributed by atoms with van der Waals surface area (Å²) in [6, 6.07) is 7.51. The normalized spacial score (nSPS) is 15.8. The Labute approximate surface area is 176 Å². The summed E-state index contributed by atoms with van der Waals surface area (Å²) in [5, 5.41) is 9.77. The number of nitrogens with one attached hydrogen (secondary N) is 3. The van der Waals surface area contributed by atoms with Crippen molar-refractivity contribution in [3.05, 3.63) is 64.7 Å². The maximum Gasteiger partial charge on any atom is 0.241 e. The van der Waals surface area contributed by atoms with Gasteiger partial charge in [0, 0.05) is 29.5 Å². The third kappa shape index (κ3) is 6.49. The summed E-state index contributed by atoms with van der Waals surface area (Å²) in [5.74, 6) is -0.118. The monoisotopic (exact) mass is 418 g/mol. The second-order valence-corrected chi connectivity index (χ2v) is 7.81. The number of hydrogen-bond acceptors (Lipinski definition) is 4. The molecule has 1 amide bonds. The first kappa shape index (κ1) is 21.7. The van der Waals surface area contributed by atoms with Crippen LogP contribution in [0.5, 0.6) is 0 Å². The highest BCUT2D eigenvalue weighted by atomic mass is 35.5. The fourth-order valence-corrected chi connectivity index (χ4v) is 3.97. The number of piperidine rings is 1. The first-order chi connectivity index (χ1) is 14.1. The Balaban J connectivity index is 1.62. The third-order valence-electron chi connectivity index (χ3n) is 5.37. The maximum absolute atomic E-state index is 14.5. The van der Waals surface area contributed by atoms with Crippen LogP contribution in [0, 0.1) is 11.7 Å². The number of rotatable bonds is 9. The van der Waals surface area contributed by atoms with Gasteiger partial charge in [-0.25, -0.2) is 4.39 Å². The largest absolute Gasteiger partial charge is 0.354 e. The van der Waals surface area contributed by atoms with E-state index in [9.17, 15) is 9.18 Å². The van der Waals surface area contributed by atoms with Gasteiger partial charge in [-0.2, -0.15) is 0 Å². The van der Waals surface area contributed by atoms with Gasteiger partial charge < -0.3 is 16.0 Å². The number of carbonyl (C=O) groups excluding carboxylic acids is 1. The van der Waals surface area contributed by atoms with Crippen LogP contribution in [0.1, 0.15) is 36.4 Å². The van der Waals surface area contributed by atoms with Crippen LogP contribution in [0.2, 0.25) is 5.02 Å². The predicted octanol–water partition coefficient (Wildman–Crippen LogP) is 3.25. The van der Waals surface area contributed by atoms with Gasteiger partial charge in [-0.05, 0) is 81.1 Å². The zero-order chi connectivity index (χ0) is 20.5. The minimum atomic E-state index is -0.817. The third-order valence-corrected chi connectivity index (χ3v) is 5.70. The van der Waals surface area contributed by atoms with E-state index in [1.807, 2.05) is 12.1 Å². The van der Waals surface area contributed by atoms with E-state index in [0.29, 0.717) is 25.4 Å². The molecule has 1 unspecified atom stereocenters. The Morgan fingerprint density at radius 1 is 1.21 bits per heavy atom. The number of carbonyl (C=O) groups is 1. The quantitative estimate of drug-likeness (QED) is 0.584. The molecule has 1 aliphatic heterocycles. The zero-order valence-electron chi connectivity index (χ0n) is 16.5. The van der Waals surface area contributed by atoms with Crippen LogP contribution in [0.3, 0.4) is 0 Å². The molecule has 0 spiro atoms. The predicted molar refractivity (Wildman–Crippen MR) is 113 cm³/mol. The standard InChI is InChI=1S/C22H28ClFN4O/c23-18-2-1-3-19(24)20(18)21(27-14-8-16-4-10-25-11-5-16)22(29)28-15-9-17-6-12-26-13-7-17/h1-3,6-7,12-13,16,21,25,27H,4-5,8-11,14-15H2,(H,28,29). The molecule has 1 aromatic carbocycles. The van der Waals surface area contributed by atoms with Gasteiger partial charge in [0.25, 0.3) is 0 Å². The number of benzene rings is 1. The molecule has 3 N–H and O–H groups in total. The van der Waals surface area contributed by atoms with E-state index in [4.69, 9.17) is 11.6 Å². The minimum absolute atomic E-state index is 0.209. The lowest BCUT2D eigenvalue weighted by atomic mass is 9.94. The Kier molecular flexibility index (Phi) is 8.40. The molecule has 2 aromatic rings. The van der Waals surface area contributed by atoms with Crippen molar-refractivity contribution in [2.24, 2.45) is 5.92 Å². The molecular weight excluding hydrogens is 391 g/mol. The number of amides is 1. The van der Waals surface area contributed by atoms with Gasteiger partial charge in [0.05, 0.1) is 0 Å². The van der Waals surface area contributed by atoms with Crippen LogP contribution in [0.4, 0.5) is 4.39 Å². The molecule has 156 valence electrons. The molecule has 1 saturated heterocycles. The van der Waals surface area contributed by atoms with Crippen molar-refractivity contribution in [2.45, 2.75) is 31.7 Å².